The molecular weight excluding hydrogens is 372 g/mol. The first-order valence-corrected chi connectivity index (χ1v) is 9.45. The Morgan fingerprint density at radius 3 is 1.21 bits per heavy atom. The molecule has 11 nitrogen and oxygen atoms in total. The van der Waals surface area contributed by atoms with E-state index >= 15 is 0 Å². The number of β-amino-alcohol motifs (C(OH)–C–C–N with tert-alkyl or cyclic N) is 1. The molecule has 11 heteroatoms. The van der Waals surface area contributed by atoms with Crippen molar-refractivity contribution < 1.29 is 34.8 Å². The zero-order valence-electron chi connectivity index (χ0n) is 16.2. The molecule has 0 aromatic heterocycles. The van der Waals surface area contributed by atoms with Crippen molar-refractivity contribution in [3.8, 4) is 0 Å². The third-order valence-corrected chi connectivity index (χ3v) is 4.64. The monoisotopic (exact) mass is 404 g/mol. The Labute approximate surface area is 164 Å². The summed E-state index contributed by atoms with van der Waals surface area (Å²) in [6.07, 6.45) is 0.611. The van der Waals surface area contributed by atoms with Gasteiger partial charge in [0.2, 0.25) is 0 Å². The molecule has 0 aliphatic carbocycles. The summed E-state index contributed by atoms with van der Waals surface area (Å²) in [7, 11) is 0. The number of aliphatic hydroxyl groups excluding tert-OH is 1. The van der Waals surface area contributed by atoms with Crippen LogP contribution in [0.15, 0.2) is 0 Å². The summed E-state index contributed by atoms with van der Waals surface area (Å²) in [5, 5.41) is 36.6. The Hall–Kier alpha value is -1.79. The second-order valence-electron chi connectivity index (χ2n) is 6.93. The molecule has 28 heavy (non-hydrogen) atoms. The van der Waals surface area contributed by atoms with E-state index in [0.29, 0.717) is 65.3 Å². The highest BCUT2D eigenvalue weighted by atomic mass is 16.4. The fourth-order valence-electron chi connectivity index (χ4n) is 3.23. The van der Waals surface area contributed by atoms with Crippen LogP contribution in [0.4, 0.5) is 0 Å². The predicted molar refractivity (Wildman–Crippen MR) is 100 cm³/mol. The fourth-order valence-corrected chi connectivity index (χ4v) is 3.23. The van der Waals surface area contributed by atoms with E-state index in [0.717, 1.165) is 0 Å². The third kappa shape index (κ3) is 11.1. The number of carboxylic acids is 3. The second-order valence-corrected chi connectivity index (χ2v) is 6.93. The maximum atomic E-state index is 11.1. The van der Waals surface area contributed by atoms with Gasteiger partial charge in [-0.1, -0.05) is 0 Å². The molecule has 0 atom stereocenters. The normalized spacial score (nSPS) is 20.0. The van der Waals surface area contributed by atoms with E-state index in [1.54, 1.807) is 14.7 Å². The Morgan fingerprint density at radius 1 is 0.571 bits per heavy atom. The summed E-state index contributed by atoms with van der Waals surface area (Å²) in [4.78, 5) is 40.7. The Kier molecular flexibility index (Phi) is 11.6. The summed E-state index contributed by atoms with van der Waals surface area (Å²) in [5.74, 6) is -2.82. The van der Waals surface area contributed by atoms with Crippen LogP contribution in [0, 0.1) is 0 Å². The number of hydrogen-bond acceptors (Lipinski definition) is 8. The first kappa shape index (κ1) is 24.2. The molecule has 0 radical (unpaired) electrons. The maximum Gasteiger partial charge on any atom is 0.317 e. The van der Waals surface area contributed by atoms with E-state index in [2.05, 4.69) is 0 Å². The van der Waals surface area contributed by atoms with Gasteiger partial charge in [0.25, 0.3) is 0 Å². The van der Waals surface area contributed by atoms with Gasteiger partial charge in [-0.2, -0.15) is 0 Å². The van der Waals surface area contributed by atoms with Crippen molar-refractivity contribution in [2.75, 3.05) is 85.1 Å². The molecule has 0 aromatic rings. The number of carbonyl (C=O) groups is 3. The molecule has 1 heterocycles. The summed E-state index contributed by atoms with van der Waals surface area (Å²) >= 11 is 0. The molecule has 1 aliphatic heterocycles. The van der Waals surface area contributed by atoms with E-state index in [9.17, 15) is 19.5 Å². The number of hydrogen-bond donors (Lipinski definition) is 4. The van der Waals surface area contributed by atoms with Gasteiger partial charge >= 0.3 is 17.9 Å². The molecule has 1 rings (SSSR count). The summed E-state index contributed by atoms with van der Waals surface area (Å²) in [6, 6.07) is 0. The van der Waals surface area contributed by atoms with Gasteiger partial charge in [0.05, 0.1) is 26.2 Å². The van der Waals surface area contributed by atoms with Crippen molar-refractivity contribution in [1.82, 2.24) is 19.6 Å². The van der Waals surface area contributed by atoms with E-state index in [1.165, 1.54) is 0 Å². The van der Waals surface area contributed by atoms with Gasteiger partial charge in [-0.3, -0.25) is 34.0 Å². The Balaban J connectivity index is 2.86. The van der Waals surface area contributed by atoms with Crippen LogP contribution in [0.5, 0.6) is 0 Å². The van der Waals surface area contributed by atoms with Gasteiger partial charge in [-0.25, -0.2) is 0 Å². The topological polar surface area (TPSA) is 145 Å². The minimum absolute atomic E-state index is 0.0374. The molecule has 0 amide bonds. The van der Waals surface area contributed by atoms with Crippen molar-refractivity contribution in [2.45, 2.75) is 6.42 Å². The van der Waals surface area contributed by atoms with Gasteiger partial charge in [-0.15, -0.1) is 0 Å². The highest BCUT2D eigenvalue weighted by Crippen LogP contribution is 2.02. The minimum Gasteiger partial charge on any atom is -0.480 e. The average Bonchev–Trinajstić information content (AvgIpc) is 2.60. The third-order valence-electron chi connectivity index (χ3n) is 4.64. The summed E-state index contributed by atoms with van der Waals surface area (Å²) in [5.41, 5.74) is 0. The average molecular weight is 404 g/mol. The van der Waals surface area contributed by atoms with Crippen LogP contribution in [-0.2, 0) is 14.4 Å². The lowest BCUT2D eigenvalue weighted by Crippen LogP contribution is -2.44. The fraction of sp³-hybridized carbons (Fsp3) is 0.824. The molecule has 1 saturated heterocycles. The smallest absolute Gasteiger partial charge is 0.317 e. The lowest BCUT2D eigenvalue weighted by Gasteiger charge is -2.28. The van der Waals surface area contributed by atoms with E-state index < -0.39 is 17.9 Å². The van der Waals surface area contributed by atoms with E-state index in [4.69, 9.17) is 15.3 Å². The molecule has 0 bridgehead atoms. The molecule has 4 N–H and O–H groups in total. The van der Waals surface area contributed by atoms with Gasteiger partial charge < -0.3 is 20.4 Å². The number of aliphatic carboxylic acids is 3. The number of carboxylic acid groups (broad SMARTS) is 3. The van der Waals surface area contributed by atoms with Crippen molar-refractivity contribution >= 4 is 17.9 Å². The Bertz CT molecular complexity index is 506. The first-order chi connectivity index (χ1) is 13.3. The zero-order valence-corrected chi connectivity index (χ0v) is 16.2. The molecule has 0 aromatic carbocycles. The molecule has 162 valence electrons. The number of rotatable bonds is 8. The zero-order chi connectivity index (χ0) is 20.9. The van der Waals surface area contributed by atoms with Crippen LogP contribution >= 0.6 is 0 Å². The maximum absolute atomic E-state index is 11.1. The molecular formula is C17H32N4O7. The standard InChI is InChI=1S/C17H32N4O7/c22-11-10-18-4-6-19(12-15(23)24)2-1-3-20(13-16(25)26)8-9-21(7-5-18)14-17(27)28/h22H,1-14H2,(H,23,24)(H,25,26)(H,27,28). The van der Waals surface area contributed by atoms with E-state index in [-0.39, 0.29) is 26.2 Å². The van der Waals surface area contributed by atoms with Crippen LogP contribution in [0.3, 0.4) is 0 Å². The van der Waals surface area contributed by atoms with Crippen LogP contribution < -0.4 is 0 Å². The molecule has 1 aliphatic rings. The van der Waals surface area contributed by atoms with Crippen molar-refractivity contribution in [3.05, 3.63) is 0 Å². The van der Waals surface area contributed by atoms with Gasteiger partial charge in [0.15, 0.2) is 0 Å². The number of aliphatic hydroxyl groups is 1. The number of nitrogens with zero attached hydrogens (tertiary/aromatic N) is 4. The highest BCUT2D eigenvalue weighted by Gasteiger charge is 2.18. The van der Waals surface area contributed by atoms with Crippen LogP contribution in [0.25, 0.3) is 0 Å². The van der Waals surface area contributed by atoms with Gasteiger partial charge in [0.1, 0.15) is 0 Å². The molecule has 0 spiro atoms. The Morgan fingerprint density at radius 2 is 0.893 bits per heavy atom. The lowest BCUT2D eigenvalue weighted by molar-refractivity contribution is -0.140. The molecule has 0 unspecified atom stereocenters. The quantitative estimate of drug-likeness (QED) is 0.351. The SMILES string of the molecule is O=C(O)CN1CCCN(CC(=O)O)CCN(CC(=O)O)CCN(CCO)CC1. The predicted octanol–water partition coefficient (Wildman–Crippen LogP) is -2.16. The summed E-state index contributed by atoms with van der Waals surface area (Å²) in [6.45, 7) is 3.92. The van der Waals surface area contributed by atoms with E-state index in [1.807, 2.05) is 4.90 Å². The second kappa shape index (κ2) is 13.4. The molecule has 1 fully saturated rings. The van der Waals surface area contributed by atoms with Gasteiger partial charge in [0, 0.05) is 58.9 Å². The highest BCUT2D eigenvalue weighted by molar-refractivity contribution is 5.69. The lowest BCUT2D eigenvalue weighted by atomic mass is 10.3. The van der Waals surface area contributed by atoms with Crippen molar-refractivity contribution in [2.24, 2.45) is 0 Å². The largest absolute Gasteiger partial charge is 0.480 e. The van der Waals surface area contributed by atoms with Crippen LogP contribution in [-0.4, -0.2) is 143 Å². The van der Waals surface area contributed by atoms with Crippen LogP contribution in [0.1, 0.15) is 6.42 Å². The molecule has 0 saturated carbocycles. The van der Waals surface area contributed by atoms with Crippen LogP contribution in [0.2, 0.25) is 0 Å². The minimum atomic E-state index is -0.953. The first-order valence-electron chi connectivity index (χ1n) is 9.45. The summed E-state index contributed by atoms with van der Waals surface area (Å²) < 4.78 is 0. The van der Waals surface area contributed by atoms with Crippen molar-refractivity contribution in [1.29, 1.82) is 0 Å². The van der Waals surface area contributed by atoms with Gasteiger partial charge in [-0.05, 0) is 6.42 Å². The van der Waals surface area contributed by atoms with Crippen molar-refractivity contribution in [3.63, 3.8) is 0 Å².